The first-order valence-electron chi connectivity index (χ1n) is 5.33. The van der Waals surface area contributed by atoms with E-state index in [4.69, 9.17) is 0 Å². The Bertz CT molecular complexity index is 296. The van der Waals surface area contributed by atoms with E-state index in [0.717, 1.165) is 13.0 Å². The van der Waals surface area contributed by atoms with Crippen LogP contribution in [-0.4, -0.2) is 5.78 Å². The summed E-state index contributed by atoms with van der Waals surface area (Å²) in [6, 6.07) is 6.71. The van der Waals surface area contributed by atoms with Crippen LogP contribution in [0.3, 0.4) is 0 Å². The molecule has 1 aliphatic rings. The summed E-state index contributed by atoms with van der Waals surface area (Å²) < 4.78 is 0. The summed E-state index contributed by atoms with van der Waals surface area (Å²) >= 11 is 0. The quantitative estimate of drug-likeness (QED) is 0.648. The van der Waals surface area contributed by atoms with E-state index < -0.39 is 0 Å². The van der Waals surface area contributed by atoms with E-state index in [1.54, 1.807) is 0 Å². The Morgan fingerprint density at radius 2 is 2.00 bits per heavy atom. The predicted octanol–water partition coefficient (Wildman–Crippen LogP) is 2.87. The summed E-state index contributed by atoms with van der Waals surface area (Å²) in [6.45, 7) is 7.17. The standard InChI is InChI=1S/C10H14NP.C2H6/c1-7-2-3-8-6-11-10(12)5-9(8)4-7;1-2/h2-4,10-11H,5-6,12H2,1H3;1-2H3. The lowest BCUT2D eigenvalue weighted by Gasteiger charge is -2.23. The number of aryl methyl sites for hydroxylation is 1. The summed E-state index contributed by atoms with van der Waals surface area (Å²) in [5.41, 5.74) is 4.33. The SMILES string of the molecule is CC.Cc1ccc2c(c1)CC(P)NC2. The van der Waals surface area contributed by atoms with Gasteiger partial charge in [0, 0.05) is 12.3 Å². The van der Waals surface area contributed by atoms with Crippen molar-refractivity contribution in [2.24, 2.45) is 0 Å². The van der Waals surface area contributed by atoms with Crippen LogP contribution in [0.1, 0.15) is 30.5 Å². The van der Waals surface area contributed by atoms with Crippen LogP contribution in [-0.2, 0) is 13.0 Å². The third-order valence-electron chi connectivity index (χ3n) is 2.36. The molecular formula is C12H20NP. The van der Waals surface area contributed by atoms with Crippen molar-refractivity contribution >= 4 is 9.24 Å². The molecule has 0 saturated heterocycles. The summed E-state index contributed by atoms with van der Waals surface area (Å²) in [6.07, 6.45) is 1.14. The highest BCUT2D eigenvalue weighted by Crippen LogP contribution is 2.20. The molecule has 1 aliphatic heterocycles. The minimum atomic E-state index is 0.555. The zero-order chi connectivity index (χ0) is 10.6. The molecule has 1 nitrogen and oxygen atoms in total. The molecule has 2 heteroatoms. The van der Waals surface area contributed by atoms with Crippen molar-refractivity contribution in [3.05, 3.63) is 34.9 Å². The van der Waals surface area contributed by atoms with E-state index in [-0.39, 0.29) is 0 Å². The minimum absolute atomic E-state index is 0.555. The number of hydrogen-bond acceptors (Lipinski definition) is 1. The van der Waals surface area contributed by atoms with Crippen molar-refractivity contribution in [3.63, 3.8) is 0 Å². The molecule has 0 radical (unpaired) electrons. The average Bonchev–Trinajstić information content (AvgIpc) is 2.20. The first-order valence-corrected chi connectivity index (χ1v) is 6.00. The topological polar surface area (TPSA) is 12.0 Å². The molecule has 2 rings (SSSR count). The molecule has 0 saturated carbocycles. The van der Waals surface area contributed by atoms with E-state index in [2.05, 4.69) is 39.7 Å². The van der Waals surface area contributed by atoms with Crippen LogP contribution in [0, 0.1) is 6.92 Å². The molecule has 0 amide bonds. The van der Waals surface area contributed by atoms with Crippen LogP contribution in [0.25, 0.3) is 0 Å². The second-order valence-corrected chi connectivity index (χ2v) is 4.27. The Labute approximate surface area is 89.5 Å². The van der Waals surface area contributed by atoms with Gasteiger partial charge in [0.15, 0.2) is 0 Å². The molecule has 0 aliphatic carbocycles. The zero-order valence-electron chi connectivity index (χ0n) is 9.30. The summed E-state index contributed by atoms with van der Waals surface area (Å²) in [5, 5.41) is 3.42. The zero-order valence-corrected chi connectivity index (χ0v) is 10.5. The van der Waals surface area contributed by atoms with Gasteiger partial charge in [0.1, 0.15) is 0 Å². The Hall–Kier alpha value is -0.390. The van der Waals surface area contributed by atoms with E-state index >= 15 is 0 Å². The second-order valence-electron chi connectivity index (χ2n) is 3.46. The van der Waals surface area contributed by atoms with E-state index in [9.17, 15) is 0 Å². The van der Waals surface area contributed by atoms with E-state index in [1.165, 1.54) is 16.7 Å². The molecule has 78 valence electrons. The van der Waals surface area contributed by atoms with Crippen molar-refractivity contribution in [3.8, 4) is 0 Å². The number of benzene rings is 1. The van der Waals surface area contributed by atoms with Gasteiger partial charge in [-0.05, 0) is 24.5 Å². The van der Waals surface area contributed by atoms with Crippen LogP contribution in [0.5, 0.6) is 0 Å². The maximum atomic E-state index is 3.42. The van der Waals surface area contributed by atoms with Gasteiger partial charge >= 0.3 is 0 Å². The van der Waals surface area contributed by atoms with Gasteiger partial charge in [-0.25, -0.2) is 0 Å². The number of rotatable bonds is 0. The number of nitrogens with one attached hydrogen (secondary N) is 1. The first-order chi connectivity index (χ1) is 6.75. The molecule has 0 spiro atoms. The molecule has 2 atom stereocenters. The Kier molecular flexibility index (Phi) is 4.57. The lowest BCUT2D eigenvalue weighted by Crippen LogP contribution is -2.30. The highest BCUT2D eigenvalue weighted by molar-refractivity contribution is 7.17. The smallest absolute Gasteiger partial charge is 0.0254 e. The molecule has 1 heterocycles. The Morgan fingerprint density at radius 3 is 2.71 bits per heavy atom. The molecule has 1 aromatic rings. The third-order valence-corrected chi connectivity index (χ3v) is 2.83. The lowest BCUT2D eigenvalue weighted by atomic mass is 9.99. The highest BCUT2D eigenvalue weighted by atomic mass is 31.0. The summed E-state index contributed by atoms with van der Waals surface area (Å²) in [7, 11) is 2.83. The van der Waals surface area contributed by atoms with Crippen molar-refractivity contribution in [2.75, 3.05) is 0 Å². The maximum Gasteiger partial charge on any atom is 0.0254 e. The normalized spacial score (nSPS) is 19.3. The van der Waals surface area contributed by atoms with Gasteiger partial charge in [-0.3, -0.25) is 0 Å². The van der Waals surface area contributed by atoms with Crippen LogP contribution in [0.2, 0.25) is 0 Å². The van der Waals surface area contributed by atoms with Gasteiger partial charge < -0.3 is 5.32 Å². The molecule has 0 aromatic heterocycles. The van der Waals surface area contributed by atoms with Crippen molar-refractivity contribution in [1.29, 1.82) is 0 Å². The molecule has 1 N–H and O–H groups in total. The predicted molar refractivity (Wildman–Crippen MR) is 66.6 cm³/mol. The van der Waals surface area contributed by atoms with Crippen molar-refractivity contribution in [1.82, 2.24) is 5.32 Å². The fourth-order valence-electron chi connectivity index (χ4n) is 1.67. The second kappa shape index (κ2) is 5.48. The molecule has 0 bridgehead atoms. The molecule has 0 fully saturated rings. The van der Waals surface area contributed by atoms with Crippen molar-refractivity contribution < 1.29 is 0 Å². The fraction of sp³-hybridized carbons (Fsp3) is 0.500. The van der Waals surface area contributed by atoms with Crippen LogP contribution < -0.4 is 5.32 Å². The number of hydrogen-bond donors (Lipinski definition) is 1. The maximum absolute atomic E-state index is 3.42. The van der Waals surface area contributed by atoms with Gasteiger partial charge in [0.25, 0.3) is 0 Å². The lowest BCUT2D eigenvalue weighted by molar-refractivity contribution is 0.604. The monoisotopic (exact) mass is 209 g/mol. The largest absolute Gasteiger partial charge is 0.306 e. The summed E-state index contributed by atoms with van der Waals surface area (Å²) in [5.74, 6) is 0.555. The molecular weight excluding hydrogens is 189 g/mol. The van der Waals surface area contributed by atoms with Gasteiger partial charge in [-0.15, -0.1) is 9.24 Å². The van der Waals surface area contributed by atoms with Crippen LogP contribution >= 0.6 is 9.24 Å². The third kappa shape index (κ3) is 2.80. The Balaban J connectivity index is 0.000000461. The summed E-state index contributed by atoms with van der Waals surface area (Å²) in [4.78, 5) is 0. The molecule has 14 heavy (non-hydrogen) atoms. The first kappa shape index (κ1) is 11.7. The average molecular weight is 209 g/mol. The number of fused-ring (bicyclic) bond motifs is 1. The van der Waals surface area contributed by atoms with Crippen molar-refractivity contribution in [2.45, 2.75) is 39.5 Å². The van der Waals surface area contributed by atoms with E-state index in [1.807, 2.05) is 13.8 Å². The van der Waals surface area contributed by atoms with Gasteiger partial charge in [-0.1, -0.05) is 37.6 Å². The van der Waals surface area contributed by atoms with Gasteiger partial charge in [0.2, 0.25) is 0 Å². The van der Waals surface area contributed by atoms with Crippen LogP contribution in [0.4, 0.5) is 0 Å². The molecule has 1 aromatic carbocycles. The highest BCUT2D eigenvalue weighted by Gasteiger charge is 2.13. The van der Waals surface area contributed by atoms with Crippen LogP contribution in [0.15, 0.2) is 18.2 Å². The van der Waals surface area contributed by atoms with E-state index in [0.29, 0.717) is 5.78 Å². The fourth-order valence-corrected chi connectivity index (χ4v) is 2.04. The minimum Gasteiger partial charge on any atom is -0.306 e. The Morgan fingerprint density at radius 1 is 1.29 bits per heavy atom. The van der Waals surface area contributed by atoms with Gasteiger partial charge in [0.05, 0.1) is 0 Å². The molecule has 2 unspecified atom stereocenters. The van der Waals surface area contributed by atoms with Gasteiger partial charge in [-0.2, -0.15) is 0 Å².